The van der Waals surface area contributed by atoms with Crippen molar-refractivity contribution < 1.29 is 34.2 Å². The normalized spacial score (nSPS) is 14.6. The maximum atomic E-state index is 12.8. The van der Waals surface area contributed by atoms with Gasteiger partial charge in [-0.05, 0) is 12.3 Å². The van der Waals surface area contributed by atoms with Gasteiger partial charge >= 0.3 is 5.97 Å². The van der Waals surface area contributed by atoms with E-state index in [0.29, 0.717) is 5.69 Å². The average Bonchev–Trinajstić information content (AvgIpc) is 3.22. The highest BCUT2D eigenvalue weighted by Gasteiger charge is 2.31. The molecule has 0 aliphatic heterocycles. The fourth-order valence-electron chi connectivity index (χ4n) is 2.85. The summed E-state index contributed by atoms with van der Waals surface area (Å²) in [5.74, 6) is -4.70. The minimum absolute atomic E-state index is 0.0590. The van der Waals surface area contributed by atoms with Crippen LogP contribution in [0.15, 0.2) is 12.5 Å². The van der Waals surface area contributed by atoms with Crippen LogP contribution in [0.4, 0.5) is 0 Å². The number of amides is 4. The molecule has 0 aliphatic carbocycles. The molecule has 0 saturated carbocycles. The first kappa shape index (κ1) is 27.5. The number of imidazole rings is 1. The smallest absolute Gasteiger partial charge is 0.326 e. The number of aliphatic hydroxyl groups is 1. The second kappa shape index (κ2) is 13.1. The topological polar surface area (TPSA) is 243 Å². The van der Waals surface area contributed by atoms with Crippen LogP contribution >= 0.6 is 0 Å². The number of hydrogen-bond donors (Lipinski definition) is 8. The molecule has 0 aliphatic rings. The van der Waals surface area contributed by atoms with Crippen molar-refractivity contribution in [2.45, 2.75) is 57.3 Å². The lowest BCUT2D eigenvalue weighted by Gasteiger charge is -2.25. The molecule has 0 spiro atoms. The standard InChI is InChI=1S/C19H31N7O7/c1-9(2)3-12(17(30)25-13(19(32)33)4-10-6-22-8-23-10)24-18(31)14(7-27)26-16(29)11(20)5-15(21)28/h6,8-9,11-14,27H,3-5,7,20H2,1-2H3,(H2,21,28)(H,22,23)(H,24,31)(H,25,30)(H,26,29)(H,32,33). The number of hydrogen-bond acceptors (Lipinski definition) is 8. The summed E-state index contributed by atoms with van der Waals surface area (Å²) in [7, 11) is 0. The number of nitrogens with one attached hydrogen (secondary N) is 4. The van der Waals surface area contributed by atoms with E-state index in [0.717, 1.165) is 0 Å². The first-order valence-electron chi connectivity index (χ1n) is 10.2. The summed E-state index contributed by atoms with van der Waals surface area (Å²) in [6, 6.07) is -5.21. The molecule has 1 rings (SSSR count). The van der Waals surface area contributed by atoms with E-state index in [4.69, 9.17) is 11.5 Å². The number of carbonyl (C=O) groups is 5. The second-order valence-electron chi connectivity index (χ2n) is 7.89. The monoisotopic (exact) mass is 469 g/mol. The molecule has 0 fully saturated rings. The van der Waals surface area contributed by atoms with Crippen molar-refractivity contribution in [2.24, 2.45) is 17.4 Å². The van der Waals surface area contributed by atoms with Gasteiger partial charge in [-0.3, -0.25) is 19.2 Å². The zero-order valence-electron chi connectivity index (χ0n) is 18.4. The van der Waals surface area contributed by atoms with Crippen LogP contribution in [0.5, 0.6) is 0 Å². The molecular formula is C19H31N7O7. The molecule has 4 amide bonds. The predicted molar refractivity (Wildman–Crippen MR) is 114 cm³/mol. The van der Waals surface area contributed by atoms with Gasteiger partial charge in [0.2, 0.25) is 23.6 Å². The highest BCUT2D eigenvalue weighted by atomic mass is 16.4. The second-order valence-corrected chi connectivity index (χ2v) is 7.89. The van der Waals surface area contributed by atoms with Crippen LogP contribution in [-0.2, 0) is 30.4 Å². The number of carbonyl (C=O) groups excluding carboxylic acids is 4. The van der Waals surface area contributed by atoms with Crippen LogP contribution in [0.1, 0.15) is 32.4 Å². The van der Waals surface area contributed by atoms with E-state index < -0.39 is 66.8 Å². The van der Waals surface area contributed by atoms with Gasteiger partial charge in [-0.1, -0.05) is 13.8 Å². The highest BCUT2D eigenvalue weighted by Crippen LogP contribution is 2.07. The Morgan fingerprint density at radius 3 is 2.09 bits per heavy atom. The van der Waals surface area contributed by atoms with E-state index in [1.54, 1.807) is 13.8 Å². The third kappa shape index (κ3) is 9.65. The number of carboxylic acids is 1. The van der Waals surface area contributed by atoms with Crippen molar-refractivity contribution in [1.82, 2.24) is 25.9 Å². The Balaban J connectivity index is 2.87. The Kier molecular flexibility index (Phi) is 10.9. The molecule has 184 valence electrons. The molecule has 14 heteroatoms. The average molecular weight is 469 g/mol. The molecule has 4 unspecified atom stereocenters. The molecule has 0 radical (unpaired) electrons. The Morgan fingerprint density at radius 1 is 1.03 bits per heavy atom. The lowest BCUT2D eigenvalue weighted by Crippen LogP contribution is -2.58. The largest absolute Gasteiger partial charge is 0.480 e. The number of aliphatic hydroxyl groups excluding tert-OH is 1. The third-order valence-corrected chi connectivity index (χ3v) is 4.51. The lowest BCUT2D eigenvalue weighted by atomic mass is 10.0. The molecule has 1 heterocycles. The van der Waals surface area contributed by atoms with Crippen molar-refractivity contribution in [3.05, 3.63) is 18.2 Å². The molecule has 4 atom stereocenters. The predicted octanol–water partition coefficient (Wildman–Crippen LogP) is -3.27. The number of aromatic nitrogens is 2. The summed E-state index contributed by atoms with van der Waals surface area (Å²) < 4.78 is 0. The number of H-pyrrole nitrogens is 1. The van der Waals surface area contributed by atoms with Gasteiger partial charge in [-0.25, -0.2) is 9.78 Å². The Morgan fingerprint density at radius 2 is 1.61 bits per heavy atom. The molecule has 33 heavy (non-hydrogen) atoms. The van der Waals surface area contributed by atoms with Crippen molar-refractivity contribution in [3.63, 3.8) is 0 Å². The molecule has 0 saturated heterocycles. The Bertz CT molecular complexity index is 828. The van der Waals surface area contributed by atoms with E-state index in [2.05, 4.69) is 25.9 Å². The number of primary amides is 1. The number of rotatable bonds is 14. The van der Waals surface area contributed by atoms with Crippen LogP contribution in [-0.4, -0.2) is 80.6 Å². The van der Waals surface area contributed by atoms with Crippen LogP contribution in [0.3, 0.4) is 0 Å². The molecule has 14 nitrogen and oxygen atoms in total. The maximum absolute atomic E-state index is 12.8. The maximum Gasteiger partial charge on any atom is 0.326 e. The number of nitrogens with zero attached hydrogens (tertiary/aromatic N) is 1. The van der Waals surface area contributed by atoms with E-state index in [1.165, 1.54) is 12.5 Å². The van der Waals surface area contributed by atoms with Gasteiger partial charge in [0, 0.05) is 18.3 Å². The SMILES string of the molecule is CC(C)CC(NC(=O)C(CO)NC(=O)C(N)CC(N)=O)C(=O)NC(Cc1cnc[nH]1)C(=O)O. The zero-order chi connectivity index (χ0) is 25.1. The summed E-state index contributed by atoms with van der Waals surface area (Å²) >= 11 is 0. The van der Waals surface area contributed by atoms with Crippen LogP contribution in [0.2, 0.25) is 0 Å². The van der Waals surface area contributed by atoms with Gasteiger partial charge in [0.25, 0.3) is 0 Å². The van der Waals surface area contributed by atoms with E-state index in [9.17, 15) is 34.2 Å². The van der Waals surface area contributed by atoms with Crippen LogP contribution in [0, 0.1) is 5.92 Å². The van der Waals surface area contributed by atoms with Crippen molar-refractivity contribution in [1.29, 1.82) is 0 Å². The van der Waals surface area contributed by atoms with E-state index in [1.807, 2.05) is 0 Å². The molecule has 1 aromatic rings. The van der Waals surface area contributed by atoms with Crippen molar-refractivity contribution in [3.8, 4) is 0 Å². The van der Waals surface area contributed by atoms with Gasteiger partial charge in [0.15, 0.2) is 0 Å². The van der Waals surface area contributed by atoms with Gasteiger partial charge in [-0.2, -0.15) is 0 Å². The minimum Gasteiger partial charge on any atom is -0.480 e. The molecule has 10 N–H and O–H groups in total. The summed E-state index contributed by atoms with van der Waals surface area (Å²) in [6.45, 7) is 2.77. The van der Waals surface area contributed by atoms with E-state index in [-0.39, 0.29) is 18.8 Å². The minimum atomic E-state index is -1.46. The van der Waals surface area contributed by atoms with Gasteiger partial charge in [0.05, 0.1) is 25.4 Å². The van der Waals surface area contributed by atoms with Crippen LogP contribution < -0.4 is 27.4 Å². The van der Waals surface area contributed by atoms with Crippen molar-refractivity contribution >= 4 is 29.6 Å². The quantitative estimate of drug-likeness (QED) is 0.136. The Labute approximate surface area is 189 Å². The van der Waals surface area contributed by atoms with Crippen molar-refractivity contribution in [2.75, 3.05) is 6.61 Å². The molecule has 0 bridgehead atoms. The van der Waals surface area contributed by atoms with Gasteiger partial charge in [0.1, 0.15) is 18.1 Å². The summed E-state index contributed by atoms with van der Waals surface area (Å²) in [5.41, 5.74) is 11.0. The summed E-state index contributed by atoms with van der Waals surface area (Å²) in [6.07, 6.45) is 2.43. The van der Waals surface area contributed by atoms with E-state index >= 15 is 0 Å². The molecular weight excluding hydrogens is 438 g/mol. The summed E-state index contributed by atoms with van der Waals surface area (Å²) in [5, 5.41) is 25.9. The fourth-order valence-corrected chi connectivity index (χ4v) is 2.85. The number of carboxylic acid groups (broad SMARTS) is 1. The Hall–Kier alpha value is -3.52. The third-order valence-electron chi connectivity index (χ3n) is 4.51. The fraction of sp³-hybridized carbons (Fsp3) is 0.579. The number of aromatic amines is 1. The highest BCUT2D eigenvalue weighted by molar-refractivity contribution is 5.95. The van der Waals surface area contributed by atoms with Crippen LogP contribution in [0.25, 0.3) is 0 Å². The molecule has 1 aromatic heterocycles. The number of aliphatic carboxylic acids is 1. The van der Waals surface area contributed by atoms with Gasteiger partial charge in [-0.15, -0.1) is 0 Å². The lowest BCUT2D eigenvalue weighted by molar-refractivity contribution is -0.142. The first-order valence-corrected chi connectivity index (χ1v) is 10.2. The first-order chi connectivity index (χ1) is 15.4. The zero-order valence-corrected chi connectivity index (χ0v) is 18.4. The molecule has 0 aromatic carbocycles. The number of nitrogens with two attached hydrogens (primary N) is 2. The van der Waals surface area contributed by atoms with Gasteiger partial charge < -0.3 is 42.6 Å². The summed E-state index contributed by atoms with van der Waals surface area (Å²) in [4.78, 5) is 66.4.